The van der Waals surface area contributed by atoms with Crippen molar-refractivity contribution in [1.29, 1.82) is 0 Å². The maximum absolute atomic E-state index is 12.2. The van der Waals surface area contributed by atoms with Crippen LogP contribution >= 0.6 is 11.5 Å². The van der Waals surface area contributed by atoms with Crippen LogP contribution in [0.3, 0.4) is 0 Å². The maximum Gasteiger partial charge on any atom is 0.265 e. The van der Waals surface area contributed by atoms with Crippen LogP contribution in [0.2, 0.25) is 0 Å². The largest absolute Gasteiger partial charge is 0.384 e. The second-order valence-corrected chi connectivity index (χ2v) is 5.88. The van der Waals surface area contributed by atoms with Crippen LogP contribution in [0, 0.1) is 0 Å². The first kappa shape index (κ1) is 15.6. The summed E-state index contributed by atoms with van der Waals surface area (Å²) in [6.07, 6.45) is 1.64. The molecule has 0 fully saturated rings. The summed E-state index contributed by atoms with van der Waals surface area (Å²) in [5.74, 6) is -0.232. The standard InChI is InChI=1S/C15H19N3O2S/c1-3-7-12-13(21-18-17-12)14(19)16-10-15(2,20)11-8-5-4-6-9-11/h4-6,8-9,20H,3,7,10H2,1-2H3,(H,16,19). The van der Waals surface area contributed by atoms with Crippen LogP contribution in [0.4, 0.5) is 0 Å². The number of carbonyl (C=O) groups is 1. The molecule has 0 radical (unpaired) electrons. The minimum absolute atomic E-state index is 0.138. The van der Waals surface area contributed by atoms with Crippen LogP contribution in [0.15, 0.2) is 30.3 Å². The molecule has 1 unspecified atom stereocenters. The smallest absolute Gasteiger partial charge is 0.265 e. The van der Waals surface area contributed by atoms with Crippen LogP contribution in [0.1, 0.15) is 41.2 Å². The van der Waals surface area contributed by atoms with Crippen molar-refractivity contribution in [1.82, 2.24) is 14.9 Å². The fraction of sp³-hybridized carbons (Fsp3) is 0.400. The predicted octanol–water partition coefficient (Wildman–Crippen LogP) is 2.13. The Morgan fingerprint density at radius 1 is 1.38 bits per heavy atom. The SMILES string of the molecule is CCCc1nnsc1C(=O)NCC(C)(O)c1ccccc1. The monoisotopic (exact) mass is 305 g/mol. The van der Waals surface area contributed by atoms with E-state index in [2.05, 4.69) is 14.9 Å². The molecular formula is C15H19N3O2S. The molecule has 0 saturated carbocycles. The molecule has 5 nitrogen and oxygen atoms in total. The normalized spacial score (nSPS) is 13.7. The Balaban J connectivity index is 2.02. The second-order valence-electron chi connectivity index (χ2n) is 5.12. The Bertz CT molecular complexity index is 596. The van der Waals surface area contributed by atoms with Crippen LogP contribution in [0.5, 0.6) is 0 Å². The fourth-order valence-electron chi connectivity index (χ4n) is 2.01. The summed E-state index contributed by atoms with van der Waals surface area (Å²) in [5.41, 5.74) is 0.376. The summed E-state index contributed by atoms with van der Waals surface area (Å²) in [6.45, 7) is 3.85. The molecule has 1 heterocycles. The molecule has 1 atom stereocenters. The van der Waals surface area contributed by atoms with Gasteiger partial charge in [0.05, 0.1) is 12.2 Å². The first-order valence-corrected chi connectivity index (χ1v) is 7.69. The van der Waals surface area contributed by atoms with Gasteiger partial charge in [-0.25, -0.2) is 0 Å². The van der Waals surface area contributed by atoms with Crippen LogP contribution in [-0.2, 0) is 12.0 Å². The Labute approximate surface area is 128 Å². The Morgan fingerprint density at radius 3 is 2.76 bits per heavy atom. The number of aliphatic hydroxyl groups is 1. The number of nitrogens with one attached hydrogen (secondary N) is 1. The minimum Gasteiger partial charge on any atom is -0.384 e. The average Bonchev–Trinajstić information content (AvgIpc) is 2.95. The second kappa shape index (κ2) is 6.78. The molecule has 2 rings (SSSR count). The molecule has 6 heteroatoms. The molecule has 0 spiro atoms. The third-order valence-corrected chi connectivity index (χ3v) is 4.00. The van der Waals surface area contributed by atoms with Crippen molar-refractivity contribution < 1.29 is 9.90 Å². The summed E-state index contributed by atoms with van der Waals surface area (Å²) in [7, 11) is 0. The van der Waals surface area contributed by atoms with Crippen LogP contribution in [0.25, 0.3) is 0 Å². The number of amides is 1. The van der Waals surface area contributed by atoms with Gasteiger partial charge in [0, 0.05) is 0 Å². The summed E-state index contributed by atoms with van der Waals surface area (Å²) in [5, 5.41) is 17.2. The highest BCUT2D eigenvalue weighted by atomic mass is 32.1. The van der Waals surface area contributed by atoms with Crippen molar-refractivity contribution in [2.75, 3.05) is 6.54 Å². The quantitative estimate of drug-likeness (QED) is 0.857. The molecule has 0 bridgehead atoms. The lowest BCUT2D eigenvalue weighted by molar-refractivity contribution is 0.0527. The van der Waals surface area contributed by atoms with Crippen LogP contribution in [-0.4, -0.2) is 27.1 Å². The Kier molecular flexibility index (Phi) is 5.03. The van der Waals surface area contributed by atoms with E-state index in [1.54, 1.807) is 6.92 Å². The highest BCUT2D eigenvalue weighted by Crippen LogP contribution is 2.19. The zero-order chi connectivity index (χ0) is 15.3. The van der Waals surface area contributed by atoms with Gasteiger partial charge >= 0.3 is 0 Å². The van der Waals surface area contributed by atoms with Crippen LogP contribution < -0.4 is 5.32 Å². The molecule has 112 valence electrons. The van der Waals surface area contributed by atoms with Gasteiger partial charge in [-0.15, -0.1) is 5.10 Å². The minimum atomic E-state index is -1.11. The van der Waals surface area contributed by atoms with Crippen molar-refractivity contribution in [3.8, 4) is 0 Å². The van der Waals surface area contributed by atoms with Gasteiger partial charge < -0.3 is 10.4 Å². The number of rotatable bonds is 6. The average molecular weight is 305 g/mol. The highest BCUT2D eigenvalue weighted by molar-refractivity contribution is 7.08. The Morgan fingerprint density at radius 2 is 2.10 bits per heavy atom. The summed E-state index contributed by atoms with van der Waals surface area (Å²) in [6, 6.07) is 9.28. The lowest BCUT2D eigenvalue weighted by atomic mass is 9.96. The van der Waals surface area contributed by atoms with Crippen molar-refractivity contribution in [3.05, 3.63) is 46.5 Å². The van der Waals surface area contributed by atoms with E-state index >= 15 is 0 Å². The zero-order valence-electron chi connectivity index (χ0n) is 12.2. The van der Waals surface area contributed by atoms with E-state index in [-0.39, 0.29) is 12.5 Å². The first-order chi connectivity index (χ1) is 10.0. The molecule has 2 aromatic rings. The molecule has 0 aliphatic carbocycles. The van der Waals surface area contributed by atoms with Crippen molar-refractivity contribution in [2.45, 2.75) is 32.3 Å². The molecule has 0 aliphatic heterocycles. The molecule has 1 aromatic heterocycles. The molecular weight excluding hydrogens is 286 g/mol. The van der Waals surface area contributed by atoms with E-state index in [0.29, 0.717) is 4.88 Å². The molecule has 21 heavy (non-hydrogen) atoms. The van der Waals surface area contributed by atoms with E-state index < -0.39 is 5.60 Å². The van der Waals surface area contributed by atoms with Crippen molar-refractivity contribution >= 4 is 17.4 Å². The number of aryl methyl sites for hydroxylation is 1. The summed E-state index contributed by atoms with van der Waals surface area (Å²) < 4.78 is 3.83. The number of nitrogens with zero attached hydrogens (tertiary/aromatic N) is 2. The van der Waals surface area contributed by atoms with Gasteiger partial charge in [-0.3, -0.25) is 4.79 Å². The zero-order valence-corrected chi connectivity index (χ0v) is 13.0. The highest BCUT2D eigenvalue weighted by Gasteiger charge is 2.25. The third kappa shape index (κ3) is 3.86. The fourth-order valence-corrected chi connectivity index (χ4v) is 2.64. The van der Waals surface area contributed by atoms with Gasteiger partial charge in [0.2, 0.25) is 0 Å². The molecule has 0 aliphatic rings. The van der Waals surface area contributed by atoms with Gasteiger partial charge in [-0.2, -0.15) is 0 Å². The van der Waals surface area contributed by atoms with Crippen molar-refractivity contribution in [3.63, 3.8) is 0 Å². The number of hydrogen-bond donors (Lipinski definition) is 2. The maximum atomic E-state index is 12.2. The molecule has 2 N–H and O–H groups in total. The predicted molar refractivity (Wildman–Crippen MR) is 82.3 cm³/mol. The van der Waals surface area contributed by atoms with Crippen molar-refractivity contribution in [2.24, 2.45) is 0 Å². The molecule has 1 amide bonds. The topological polar surface area (TPSA) is 75.1 Å². The summed E-state index contributed by atoms with van der Waals surface area (Å²) >= 11 is 1.09. The number of hydrogen-bond acceptors (Lipinski definition) is 5. The van der Waals surface area contributed by atoms with E-state index in [1.807, 2.05) is 37.3 Å². The lowest BCUT2D eigenvalue weighted by Gasteiger charge is -2.24. The number of benzene rings is 1. The van der Waals surface area contributed by atoms with E-state index in [4.69, 9.17) is 0 Å². The van der Waals surface area contributed by atoms with Gasteiger partial charge in [0.1, 0.15) is 10.5 Å². The van der Waals surface area contributed by atoms with E-state index in [0.717, 1.165) is 35.6 Å². The summed E-state index contributed by atoms with van der Waals surface area (Å²) in [4.78, 5) is 12.7. The van der Waals surface area contributed by atoms with Gasteiger partial charge in [-0.05, 0) is 30.4 Å². The van der Waals surface area contributed by atoms with Gasteiger partial charge in [0.25, 0.3) is 5.91 Å². The first-order valence-electron chi connectivity index (χ1n) is 6.92. The van der Waals surface area contributed by atoms with E-state index in [1.165, 1.54) is 0 Å². The number of aromatic nitrogens is 2. The molecule has 1 aromatic carbocycles. The lowest BCUT2D eigenvalue weighted by Crippen LogP contribution is -2.38. The third-order valence-electron chi connectivity index (χ3n) is 3.24. The van der Waals surface area contributed by atoms with Gasteiger partial charge in [-0.1, -0.05) is 48.2 Å². The van der Waals surface area contributed by atoms with E-state index in [9.17, 15) is 9.90 Å². The van der Waals surface area contributed by atoms with Gasteiger partial charge in [0.15, 0.2) is 0 Å². The molecule has 0 saturated heterocycles. The Hall–Kier alpha value is -1.79. The number of carbonyl (C=O) groups excluding carboxylic acids is 1.